The van der Waals surface area contributed by atoms with Crippen molar-refractivity contribution in [3.8, 4) is 11.5 Å². The predicted molar refractivity (Wildman–Crippen MR) is 144 cm³/mol. The zero-order valence-corrected chi connectivity index (χ0v) is 22.2. The number of likely N-dealkylation sites (tertiary alicyclic amines) is 1. The van der Waals surface area contributed by atoms with Crippen molar-refractivity contribution in [2.75, 3.05) is 13.1 Å². The molecule has 2 aromatic carbocycles. The van der Waals surface area contributed by atoms with Gasteiger partial charge in [0.1, 0.15) is 5.52 Å². The second-order valence-electron chi connectivity index (χ2n) is 10.9. The van der Waals surface area contributed by atoms with E-state index in [1.54, 1.807) is 6.07 Å². The highest BCUT2D eigenvalue weighted by Crippen LogP contribution is 2.36. The van der Waals surface area contributed by atoms with E-state index in [2.05, 4.69) is 4.98 Å². The number of carboxylic acid groups (broad SMARTS) is 1. The lowest BCUT2D eigenvalue weighted by molar-refractivity contribution is -0.252. The number of ketones is 1. The van der Waals surface area contributed by atoms with Crippen molar-refractivity contribution in [1.82, 2.24) is 14.5 Å². The number of Topliss-reactive ketones (excluding diaryl/α,β-unsaturated/α-hetero) is 1. The number of benzene rings is 2. The number of rotatable bonds is 8. The minimum absolute atomic E-state index is 0.00229. The lowest BCUT2D eigenvalue weighted by atomic mass is 9.87. The summed E-state index contributed by atoms with van der Waals surface area (Å²) in [7, 11) is 1.91. The first kappa shape index (κ1) is 26.6. The quantitative estimate of drug-likeness (QED) is 0.284. The van der Waals surface area contributed by atoms with Crippen LogP contribution in [0.4, 0.5) is 8.78 Å². The van der Waals surface area contributed by atoms with Gasteiger partial charge in [-0.1, -0.05) is 24.3 Å². The number of halogens is 2. The van der Waals surface area contributed by atoms with Gasteiger partial charge < -0.3 is 18.8 Å². The lowest BCUT2D eigenvalue weighted by Gasteiger charge is -2.37. The van der Waals surface area contributed by atoms with Crippen molar-refractivity contribution in [1.29, 1.82) is 0 Å². The van der Waals surface area contributed by atoms with Gasteiger partial charge in [0.2, 0.25) is 11.7 Å². The first-order chi connectivity index (χ1) is 19.2. The van der Waals surface area contributed by atoms with Crippen molar-refractivity contribution >= 4 is 33.8 Å². The molecule has 0 radical (unpaired) electrons. The Bertz CT molecular complexity index is 1580. The number of fused-ring (bicyclic) bond motifs is 2. The summed E-state index contributed by atoms with van der Waals surface area (Å²) in [5.41, 5.74) is 1.90. The van der Waals surface area contributed by atoms with E-state index in [1.807, 2.05) is 42.1 Å². The Morgan fingerprint density at radius 1 is 1.12 bits per heavy atom. The zero-order valence-electron chi connectivity index (χ0n) is 22.2. The Morgan fingerprint density at radius 2 is 1.85 bits per heavy atom. The maximum absolute atomic E-state index is 16.5. The number of carbonyl (C=O) groups is 2. The van der Waals surface area contributed by atoms with E-state index in [0.717, 1.165) is 23.7 Å². The molecule has 40 heavy (non-hydrogen) atoms. The van der Waals surface area contributed by atoms with Crippen LogP contribution in [-0.4, -0.2) is 56.5 Å². The number of aromatic nitrogens is 2. The molecule has 210 valence electrons. The Morgan fingerprint density at radius 3 is 2.58 bits per heavy atom. The molecule has 6 rings (SSSR count). The third-order valence-corrected chi connectivity index (χ3v) is 8.26. The number of nitrogens with zero attached hydrogens (tertiary/aromatic N) is 3. The maximum Gasteiger partial charge on any atom is 0.330 e. The highest BCUT2D eigenvalue weighted by Gasteiger charge is 2.49. The summed E-state index contributed by atoms with van der Waals surface area (Å²) in [5, 5.41) is 10.2. The minimum Gasteiger partial charge on any atom is -0.481 e. The summed E-state index contributed by atoms with van der Waals surface area (Å²) in [4.78, 5) is 30.6. The molecule has 1 saturated carbocycles. The number of para-hydroxylation sites is 1. The Kier molecular flexibility index (Phi) is 6.92. The average Bonchev–Trinajstić information content (AvgIpc) is 3.70. The van der Waals surface area contributed by atoms with Crippen LogP contribution in [0.3, 0.4) is 0 Å². The molecule has 4 aromatic rings. The third-order valence-electron chi connectivity index (χ3n) is 8.26. The number of carboxylic acids is 1. The van der Waals surface area contributed by atoms with E-state index in [9.17, 15) is 14.7 Å². The van der Waals surface area contributed by atoms with Gasteiger partial charge in [-0.3, -0.25) is 9.59 Å². The first-order valence-corrected chi connectivity index (χ1v) is 13.7. The molecule has 10 heteroatoms. The van der Waals surface area contributed by atoms with Gasteiger partial charge in [-0.25, -0.2) is 14.3 Å². The van der Waals surface area contributed by atoms with Gasteiger partial charge in [-0.05, 0) is 56.2 Å². The summed E-state index contributed by atoms with van der Waals surface area (Å²) >= 11 is 0. The van der Waals surface area contributed by atoms with E-state index in [0.29, 0.717) is 49.9 Å². The van der Waals surface area contributed by atoms with Crippen LogP contribution < -0.4 is 0 Å². The molecule has 1 aliphatic heterocycles. The fourth-order valence-corrected chi connectivity index (χ4v) is 6.02. The summed E-state index contributed by atoms with van der Waals surface area (Å²) in [5.74, 6) is -5.46. The van der Waals surface area contributed by atoms with Crippen LogP contribution in [0.15, 0.2) is 47.0 Å². The van der Waals surface area contributed by atoms with Crippen molar-refractivity contribution < 1.29 is 32.6 Å². The number of carbonyl (C=O) groups excluding carboxylic acids is 1. The number of alkyl halides is 1. The Balaban J connectivity index is 1.26. The number of aryl methyl sites for hydroxylation is 1. The van der Waals surface area contributed by atoms with E-state index >= 15 is 8.78 Å². The molecule has 1 atom stereocenters. The second kappa shape index (κ2) is 10.4. The molecule has 1 unspecified atom stereocenters. The molecule has 1 aliphatic carbocycles. The molecule has 8 nitrogen and oxygen atoms in total. The number of ether oxygens (including phenoxy) is 1. The summed E-state index contributed by atoms with van der Waals surface area (Å²) < 4.78 is 45.8. The molecule has 2 aliphatic rings. The van der Waals surface area contributed by atoms with E-state index in [4.69, 9.17) is 9.15 Å². The molecule has 3 heterocycles. The summed E-state index contributed by atoms with van der Waals surface area (Å²) in [6.07, 6.45) is 3.62. The van der Waals surface area contributed by atoms with E-state index in [1.165, 1.54) is 11.0 Å². The molecule has 0 bridgehead atoms. The van der Waals surface area contributed by atoms with Gasteiger partial charge >= 0.3 is 11.9 Å². The van der Waals surface area contributed by atoms with Gasteiger partial charge in [-0.15, -0.1) is 0 Å². The first-order valence-electron chi connectivity index (χ1n) is 13.7. The highest BCUT2D eigenvalue weighted by atomic mass is 19.2. The van der Waals surface area contributed by atoms with Gasteiger partial charge in [0.15, 0.2) is 11.4 Å². The van der Waals surface area contributed by atoms with Gasteiger partial charge in [0.05, 0.1) is 17.6 Å². The fraction of sp³-hybridized carbons (Fsp3) is 0.433. The van der Waals surface area contributed by atoms with Gasteiger partial charge in [-0.2, -0.15) is 4.39 Å². The van der Waals surface area contributed by atoms with Crippen LogP contribution in [0, 0.1) is 11.7 Å². The van der Waals surface area contributed by atoms with Crippen molar-refractivity contribution in [2.24, 2.45) is 13.0 Å². The second-order valence-corrected chi connectivity index (χ2v) is 10.9. The van der Waals surface area contributed by atoms with Gasteiger partial charge in [0, 0.05) is 43.7 Å². The van der Waals surface area contributed by atoms with Crippen LogP contribution >= 0.6 is 0 Å². The number of aliphatic carboxylic acids is 1. The molecule has 2 fully saturated rings. The number of oxazole rings is 1. The third kappa shape index (κ3) is 4.69. The smallest absolute Gasteiger partial charge is 0.330 e. The maximum atomic E-state index is 16.5. The van der Waals surface area contributed by atoms with Crippen molar-refractivity contribution in [3.63, 3.8) is 0 Å². The standard InChI is InChI=1S/C30H31F2N3O5/c1-34-17-22(21-6-2-3-7-24(21)34)28-33-23-13-10-19(26(31)27(23)39-28)16-25(36)30(32,35-14-4-5-15-35)40-20-11-8-18(9-12-20)29(37)38/h2-3,6-7,10,13,17-18,20H,4-5,8-9,11-12,14-16H2,1H3,(H,37,38). The van der Waals surface area contributed by atoms with E-state index < -0.39 is 42.0 Å². The highest BCUT2D eigenvalue weighted by molar-refractivity contribution is 5.95. The zero-order chi connectivity index (χ0) is 28.0. The summed E-state index contributed by atoms with van der Waals surface area (Å²) in [6.45, 7) is 0.704. The van der Waals surface area contributed by atoms with Crippen LogP contribution in [0.1, 0.15) is 44.1 Å². The molecule has 1 N–H and O–H groups in total. The monoisotopic (exact) mass is 551 g/mol. The van der Waals surface area contributed by atoms with E-state index in [-0.39, 0.29) is 17.0 Å². The number of hydrogen-bond donors (Lipinski definition) is 1. The molecule has 0 amide bonds. The topological polar surface area (TPSA) is 97.8 Å². The lowest BCUT2D eigenvalue weighted by Crippen LogP contribution is -2.54. The van der Waals surface area contributed by atoms with Crippen LogP contribution in [-0.2, 0) is 27.8 Å². The summed E-state index contributed by atoms with van der Waals surface area (Å²) in [6, 6.07) is 10.8. The Labute approximate surface area is 229 Å². The molecular weight excluding hydrogens is 520 g/mol. The molecular formula is C30H31F2N3O5. The van der Waals surface area contributed by atoms with Gasteiger partial charge in [0.25, 0.3) is 0 Å². The average molecular weight is 552 g/mol. The predicted octanol–water partition coefficient (Wildman–Crippen LogP) is 5.62. The van der Waals surface area contributed by atoms with Crippen LogP contribution in [0.25, 0.3) is 33.5 Å². The molecule has 1 saturated heterocycles. The minimum atomic E-state index is -2.71. The molecule has 2 aromatic heterocycles. The van der Waals surface area contributed by atoms with Crippen LogP contribution in [0.2, 0.25) is 0 Å². The van der Waals surface area contributed by atoms with Crippen molar-refractivity contribution in [3.05, 3.63) is 54.0 Å². The normalized spacial score (nSPS) is 21.7. The largest absolute Gasteiger partial charge is 0.481 e. The number of hydrogen-bond acceptors (Lipinski definition) is 6. The SMILES string of the molecule is Cn1cc(-c2nc3ccc(CC(=O)C(F)(OC4CCC(C(=O)O)CC4)N4CCCC4)c(F)c3o2)c2ccccc21. The molecule has 0 spiro atoms. The Hall–Kier alpha value is -3.63. The van der Waals surface area contributed by atoms with Crippen LogP contribution in [0.5, 0.6) is 0 Å². The van der Waals surface area contributed by atoms with Crippen molar-refractivity contribution in [2.45, 2.75) is 57.0 Å². The fourth-order valence-electron chi connectivity index (χ4n) is 6.02.